The molecular formula is C18H19N3O3S4. The number of carbonyl (C=O) groups excluding carboxylic acids is 1. The predicted molar refractivity (Wildman–Crippen MR) is 115 cm³/mol. The second-order valence-electron chi connectivity index (χ2n) is 6.55. The molecule has 6 nitrogen and oxygen atoms in total. The van der Waals surface area contributed by atoms with Gasteiger partial charge in [-0.05, 0) is 43.3 Å². The van der Waals surface area contributed by atoms with Crippen LogP contribution in [0.1, 0.15) is 17.7 Å². The zero-order chi connectivity index (χ0) is 19.7. The third kappa shape index (κ3) is 4.06. The van der Waals surface area contributed by atoms with Crippen LogP contribution in [-0.2, 0) is 14.8 Å². The molecule has 0 aliphatic carbocycles. The number of nitrogens with zero attached hydrogens (tertiary/aromatic N) is 2. The second kappa shape index (κ2) is 8.03. The molecule has 0 radical (unpaired) electrons. The summed E-state index contributed by atoms with van der Waals surface area (Å²) in [6.45, 7) is 2.76. The molecule has 4 rings (SSSR count). The van der Waals surface area contributed by atoms with Crippen LogP contribution in [0.25, 0.3) is 10.6 Å². The van der Waals surface area contributed by atoms with Crippen LogP contribution in [0.3, 0.4) is 0 Å². The summed E-state index contributed by atoms with van der Waals surface area (Å²) in [5.41, 5.74) is 0.871. The Labute approximate surface area is 175 Å². The van der Waals surface area contributed by atoms with Gasteiger partial charge in [-0.3, -0.25) is 4.79 Å². The molecular weight excluding hydrogens is 434 g/mol. The first-order chi connectivity index (χ1) is 13.4. The molecule has 0 unspecified atom stereocenters. The Morgan fingerprint density at radius 1 is 1.21 bits per heavy atom. The number of amides is 1. The van der Waals surface area contributed by atoms with Crippen molar-refractivity contribution < 1.29 is 13.2 Å². The van der Waals surface area contributed by atoms with Crippen molar-refractivity contribution in [2.75, 3.05) is 18.4 Å². The van der Waals surface area contributed by atoms with Gasteiger partial charge < -0.3 is 5.32 Å². The van der Waals surface area contributed by atoms with Gasteiger partial charge in [-0.1, -0.05) is 6.07 Å². The van der Waals surface area contributed by atoms with Gasteiger partial charge in [0.2, 0.25) is 5.91 Å². The Bertz CT molecular complexity index is 1060. The standard InChI is InChI=1S/C18H19N3O3S4/c1-12-4-5-15(27-12)14-11-26-18(19-14)20-17(22)13-6-8-21(9-7-13)28(23,24)16-3-2-10-25-16/h2-5,10-11,13H,6-9H2,1H3,(H,19,20,22). The van der Waals surface area contributed by atoms with E-state index in [1.807, 2.05) is 18.4 Å². The molecule has 0 atom stereocenters. The number of thiophene rings is 2. The van der Waals surface area contributed by atoms with Gasteiger partial charge in [-0.15, -0.1) is 34.0 Å². The van der Waals surface area contributed by atoms with Crippen molar-refractivity contribution in [2.24, 2.45) is 5.92 Å². The van der Waals surface area contributed by atoms with Crippen molar-refractivity contribution in [3.63, 3.8) is 0 Å². The number of thiazole rings is 1. The van der Waals surface area contributed by atoms with E-state index in [2.05, 4.69) is 16.4 Å². The SMILES string of the molecule is Cc1ccc(-c2csc(NC(=O)C3CCN(S(=O)(=O)c4cccs4)CC3)n2)s1. The fourth-order valence-corrected chi connectivity index (χ4v) is 7.35. The lowest BCUT2D eigenvalue weighted by Crippen LogP contribution is -2.41. The first-order valence-corrected chi connectivity index (χ1v) is 12.8. The lowest BCUT2D eigenvalue weighted by molar-refractivity contribution is -0.120. The van der Waals surface area contributed by atoms with Gasteiger partial charge >= 0.3 is 0 Å². The molecule has 0 saturated carbocycles. The molecule has 4 heterocycles. The highest BCUT2D eigenvalue weighted by Gasteiger charge is 2.32. The van der Waals surface area contributed by atoms with Gasteiger partial charge in [-0.25, -0.2) is 13.4 Å². The van der Waals surface area contributed by atoms with Crippen molar-refractivity contribution in [1.82, 2.24) is 9.29 Å². The second-order valence-corrected chi connectivity index (χ2v) is 11.8. The van der Waals surface area contributed by atoms with Crippen molar-refractivity contribution in [3.8, 4) is 10.6 Å². The van der Waals surface area contributed by atoms with E-state index in [1.165, 1.54) is 31.9 Å². The summed E-state index contributed by atoms with van der Waals surface area (Å²) in [6.07, 6.45) is 1.03. The summed E-state index contributed by atoms with van der Waals surface area (Å²) in [7, 11) is -3.44. The van der Waals surface area contributed by atoms with Crippen molar-refractivity contribution >= 4 is 55.1 Å². The number of piperidine rings is 1. The van der Waals surface area contributed by atoms with Crippen molar-refractivity contribution in [3.05, 3.63) is 39.9 Å². The van der Waals surface area contributed by atoms with Crippen LogP contribution >= 0.6 is 34.0 Å². The number of nitrogens with one attached hydrogen (secondary N) is 1. The van der Waals surface area contributed by atoms with Crippen LogP contribution in [0.2, 0.25) is 0 Å². The van der Waals surface area contributed by atoms with Gasteiger partial charge in [0.15, 0.2) is 5.13 Å². The van der Waals surface area contributed by atoms with Crippen molar-refractivity contribution in [1.29, 1.82) is 0 Å². The number of anilines is 1. The van der Waals surface area contributed by atoms with E-state index in [1.54, 1.807) is 28.8 Å². The maximum atomic E-state index is 12.6. The Hall–Kier alpha value is -1.59. The summed E-state index contributed by atoms with van der Waals surface area (Å²) in [5.74, 6) is -0.289. The Morgan fingerprint density at radius 2 is 2.00 bits per heavy atom. The smallest absolute Gasteiger partial charge is 0.252 e. The minimum absolute atomic E-state index is 0.0866. The highest BCUT2D eigenvalue weighted by atomic mass is 32.2. The lowest BCUT2D eigenvalue weighted by atomic mass is 9.97. The van der Waals surface area contributed by atoms with Gasteiger partial charge in [0.1, 0.15) is 4.21 Å². The first-order valence-electron chi connectivity index (χ1n) is 8.80. The quantitative estimate of drug-likeness (QED) is 0.625. The summed E-state index contributed by atoms with van der Waals surface area (Å²) >= 11 is 4.30. The average molecular weight is 454 g/mol. The summed E-state index contributed by atoms with van der Waals surface area (Å²) < 4.78 is 27.0. The van der Waals surface area contributed by atoms with Gasteiger partial charge in [-0.2, -0.15) is 4.31 Å². The number of aromatic nitrogens is 1. The molecule has 10 heteroatoms. The van der Waals surface area contributed by atoms with E-state index in [4.69, 9.17) is 0 Å². The molecule has 0 spiro atoms. The average Bonchev–Trinajstić information content (AvgIpc) is 3.43. The van der Waals surface area contributed by atoms with E-state index in [0.717, 1.165) is 10.6 Å². The predicted octanol–water partition coefficient (Wildman–Crippen LogP) is 4.28. The monoisotopic (exact) mass is 453 g/mol. The zero-order valence-electron chi connectivity index (χ0n) is 15.1. The molecule has 28 heavy (non-hydrogen) atoms. The number of hydrogen-bond acceptors (Lipinski definition) is 7. The summed E-state index contributed by atoms with van der Waals surface area (Å²) in [6, 6.07) is 7.44. The van der Waals surface area contributed by atoms with E-state index in [0.29, 0.717) is 35.3 Å². The Morgan fingerprint density at radius 3 is 2.64 bits per heavy atom. The summed E-state index contributed by atoms with van der Waals surface area (Å²) in [4.78, 5) is 19.4. The normalized spacial score (nSPS) is 16.3. The molecule has 1 aliphatic heterocycles. The molecule has 0 bridgehead atoms. The summed E-state index contributed by atoms with van der Waals surface area (Å²) in [5, 5.41) is 7.18. The molecule has 1 N–H and O–H groups in total. The fraction of sp³-hybridized carbons (Fsp3) is 0.333. The zero-order valence-corrected chi connectivity index (χ0v) is 18.4. The molecule has 1 amide bonds. The van der Waals surface area contributed by atoms with E-state index < -0.39 is 10.0 Å². The third-order valence-corrected chi connectivity index (χ3v) is 9.69. The van der Waals surface area contributed by atoms with Crippen molar-refractivity contribution in [2.45, 2.75) is 24.0 Å². The molecule has 1 saturated heterocycles. The highest BCUT2D eigenvalue weighted by molar-refractivity contribution is 7.91. The van der Waals surface area contributed by atoms with Crippen LogP contribution < -0.4 is 5.32 Å². The molecule has 3 aromatic heterocycles. The fourth-order valence-electron chi connectivity index (χ4n) is 3.12. The lowest BCUT2D eigenvalue weighted by Gasteiger charge is -2.29. The molecule has 0 aromatic carbocycles. The largest absolute Gasteiger partial charge is 0.302 e. The molecule has 1 fully saturated rings. The minimum atomic E-state index is -3.44. The number of rotatable bonds is 5. The maximum absolute atomic E-state index is 12.6. The number of aryl methyl sites for hydroxylation is 1. The molecule has 148 valence electrons. The number of hydrogen-bond donors (Lipinski definition) is 1. The topological polar surface area (TPSA) is 79.4 Å². The minimum Gasteiger partial charge on any atom is -0.302 e. The van der Waals surface area contributed by atoms with Crippen LogP contribution in [0.4, 0.5) is 5.13 Å². The Kier molecular flexibility index (Phi) is 5.66. The Balaban J connectivity index is 1.35. The van der Waals surface area contributed by atoms with E-state index in [-0.39, 0.29) is 11.8 Å². The number of carbonyl (C=O) groups is 1. The van der Waals surface area contributed by atoms with E-state index >= 15 is 0 Å². The molecule has 3 aromatic rings. The van der Waals surface area contributed by atoms with Crippen LogP contribution in [-0.4, -0.2) is 36.7 Å². The third-order valence-electron chi connectivity index (χ3n) is 4.64. The maximum Gasteiger partial charge on any atom is 0.252 e. The van der Waals surface area contributed by atoms with Gasteiger partial charge in [0.25, 0.3) is 10.0 Å². The van der Waals surface area contributed by atoms with Crippen LogP contribution in [0, 0.1) is 12.8 Å². The van der Waals surface area contributed by atoms with Crippen LogP contribution in [0.15, 0.2) is 39.2 Å². The van der Waals surface area contributed by atoms with Gasteiger partial charge in [0, 0.05) is 29.3 Å². The first kappa shape index (κ1) is 19.7. The highest BCUT2D eigenvalue weighted by Crippen LogP contribution is 2.31. The number of sulfonamides is 1. The van der Waals surface area contributed by atoms with E-state index in [9.17, 15) is 13.2 Å². The van der Waals surface area contributed by atoms with Gasteiger partial charge in [0.05, 0.1) is 10.6 Å². The molecule has 1 aliphatic rings. The van der Waals surface area contributed by atoms with Crippen LogP contribution in [0.5, 0.6) is 0 Å².